The largest absolute Gasteiger partial charge is 0.480 e. The van der Waals surface area contributed by atoms with Gasteiger partial charge in [0.2, 0.25) is 5.88 Å². The predicted octanol–water partition coefficient (Wildman–Crippen LogP) is 0.549. The van der Waals surface area contributed by atoms with E-state index < -0.39 is 0 Å². The van der Waals surface area contributed by atoms with E-state index in [4.69, 9.17) is 4.74 Å². The van der Waals surface area contributed by atoms with Crippen LogP contribution >= 0.6 is 0 Å². The van der Waals surface area contributed by atoms with Crippen LogP contribution in [0.3, 0.4) is 0 Å². The molecule has 1 amide bonds. The number of methoxy groups -OCH3 is 1. The number of likely N-dealkylation sites (N-methyl/N-ethyl adjacent to an activating group) is 1. The van der Waals surface area contributed by atoms with Crippen LogP contribution in [0.4, 0.5) is 0 Å². The van der Waals surface area contributed by atoms with Gasteiger partial charge in [-0.15, -0.1) is 0 Å². The molecular weight excluding hydrogens is 344 g/mol. The molecule has 1 aliphatic carbocycles. The highest BCUT2D eigenvalue weighted by atomic mass is 16.5. The molecule has 2 saturated heterocycles. The Morgan fingerprint density at radius 2 is 1.89 bits per heavy atom. The van der Waals surface area contributed by atoms with Crippen molar-refractivity contribution in [1.82, 2.24) is 19.7 Å². The highest BCUT2D eigenvalue weighted by Crippen LogP contribution is 2.39. The summed E-state index contributed by atoms with van der Waals surface area (Å²) in [6.45, 7) is 5.63. The second-order valence-electron chi connectivity index (χ2n) is 8.24. The zero-order valence-corrected chi connectivity index (χ0v) is 16.3. The van der Waals surface area contributed by atoms with E-state index in [0.717, 1.165) is 45.6 Å². The summed E-state index contributed by atoms with van der Waals surface area (Å²) in [5.41, 5.74) is 0.523. The predicted molar refractivity (Wildman–Crippen MR) is 102 cm³/mol. The van der Waals surface area contributed by atoms with E-state index >= 15 is 0 Å². The summed E-state index contributed by atoms with van der Waals surface area (Å²) in [6, 6.07) is 3.77. The number of carbonyl (C=O) groups is 1. The topological polar surface area (TPSA) is 69.1 Å². The normalized spacial score (nSPS) is 32.3. The molecule has 1 N–H and O–H groups in total. The van der Waals surface area contributed by atoms with Crippen molar-refractivity contribution >= 4 is 5.91 Å². The average molecular weight is 374 g/mol. The van der Waals surface area contributed by atoms with Gasteiger partial charge >= 0.3 is 0 Å². The van der Waals surface area contributed by atoms with Gasteiger partial charge in [0, 0.05) is 51.5 Å². The molecule has 4 rings (SSSR count). The van der Waals surface area contributed by atoms with E-state index in [-0.39, 0.29) is 18.1 Å². The van der Waals surface area contributed by atoms with Gasteiger partial charge in [-0.2, -0.15) is 0 Å². The maximum absolute atomic E-state index is 13.0. The van der Waals surface area contributed by atoms with E-state index in [1.807, 2.05) is 4.90 Å². The van der Waals surface area contributed by atoms with Gasteiger partial charge in [-0.05, 0) is 43.9 Å². The number of likely N-dealkylation sites (tertiary alicyclic amines) is 1. The molecule has 3 fully saturated rings. The minimum atomic E-state index is -0.294. The number of carbonyl (C=O) groups excluding carboxylic acids is 1. The first-order valence-electron chi connectivity index (χ1n) is 9.95. The summed E-state index contributed by atoms with van der Waals surface area (Å²) >= 11 is 0. The molecule has 0 unspecified atom stereocenters. The highest BCUT2D eigenvalue weighted by molar-refractivity contribution is 5.96. The number of ether oxygens (including phenoxy) is 1. The average Bonchev–Trinajstić information content (AvgIpc) is 3.10. The van der Waals surface area contributed by atoms with Crippen LogP contribution < -0.4 is 4.74 Å². The molecule has 0 radical (unpaired) electrons. The van der Waals surface area contributed by atoms with Crippen LogP contribution in [0.1, 0.15) is 23.2 Å². The Labute approximate surface area is 160 Å². The Hall–Kier alpha value is -1.70. The third-order valence-corrected chi connectivity index (χ3v) is 6.60. The van der Waals surface area contributed by atoms with Crippen molar-refractivity contribution in [1.29, 1.82) is 0 Å². The summed E-state index contributed by atoms with van der Waals surface area (Å²) in [5.74, 6) is 1.22. The lowest BCUT2D eigenvalue weighted by atomic mass is 9.77. The summed E-state index contributed by atoms with van der Waals surface area (Å²) < 4.78 is 5.26. The Balaban J connectivity index is 1.43. The van der Waals surface area contributed by atoms with Gasteiger partial charge in [-0.25, -0.2) is 4.98 Å². The number of hydrogen-bond donors (Lipinski definition) is 1. The number of fused-ring (bicyclic) bond motifs is 1. The van der Waals surface area contributed by atoms with Crippen LogP contribution in [-0.4, -0.2) is 96.3 Å². The first-order chi connectivity index (χ1) is 13.1. The van der Waals surface area contributed by atoms with Crippen LogP contribution in [0.5, 0.6) is 5.88 Å². The van der Waals surface area contributed by atoms with Crippen LogP contribution in [0.2, 0.25) is 0 Å². The standard InChI is InChI=1S/C20H30N4O3/c1-22-6-8-23(9-7-22)17-10-14-12-24(13-15(14)11-18(17)25)20(26)16-4-3-5-21-19(16)27-2/h3-5,14-15,17-18,25H,6-13H2,1-2H3/t14-,15+,17-,18-/m1/s1. The smallest absolute Gasteiger partial charge is 0.259 e. The van der Waals surface area contributed by atoms with E-state index in [0.29, 0.717) is 29.8 Å². The van der Waals surface area contributed by atoms with Gasteiger partial charge in [0.15, 0.2) is 0 Å². The second-order valence-corrected chi connectivity index (χ2v) is 8.24. The molecule has 7 heteroatoms. The van der Waals surface area contributed by atoms with Crippen molar-refractivity contribution in [3.8, 4) is 5.88 Å². The molecule has 148 valence electrons. The molecule has 0 bridgehead atoms. The third-order valence-electron chi connectivity index (χ3n) is 6.60. The van der Waals surface area contributed by atoms with Gasteiger partial charge in [-0.3, -0.25) is 9.69 Å². The van der Waals surface area contributed by atoms with Gasteiger partial charge in [0.05, 0.1) is 13.2 Å². The Morgan fingerprint density at radius 3 is 2.59 bits per heavy atom. The lowest BCUT2D eigenvalue weighted by Gasteiger charge is -2.44. The molecule has 27 heavy (non-hydrogen) atoms. The number of rotatable bonds is 3. The minimum absolute atomic E-state index is 0.0139. The first-order valence-corrected chi connectivity index (χ1v) is 9.95. The zero-order valence-electron chi connectivity index (χ0n) is 16.3. The monoisotopic (exact) mass is 374 g/mol. The lowest BCUT2D eigenvalue weighted by Crippen LogP contribution is -2.55. The van der Waals surface area contributed by atoms with Gasteiger partial charge in [-0.1, -0.05) is 0 Å². The van der Waals surface area contributed by atoms with Crippen molar-refractivity contribution in [3.05, 3.63) is 23.9 Å². The Kier molecular flexibility index (Phi) is 5.34. The summed E-state index contributed by atoms with van der Waals surface area (Å²) in [6.07, 6.45) is 3.10. The number of hydrogen-bond acceptors (Lipinski definition) is 6. The Bertz CT molecular complexity index is 677. The van der Waals surface area contributed by atoms with Crippen molar-refractivity contribution in [2.75, 3.05) is 53.4 Å². The second kappa shape index (κ2) is 7.73. The minimum Gasteiger partial charge on any atom is -0.480 e. The molecule has 0 spiro atoms. The number of pyridine rings is 1. The lowest BCUT2D eigenvalue weighted by molar-refractivity contribution is -0.0249. The van der Waals surface area contributed by atoms with E-state index in [9.17, 15) is 9.90 Å². The molecule has 7 nitrogen and oxygen atoms in total. The zero-order chi connectivity index (χ0) is 19.0. The number of amides is 1. The van der Waals surface area contributed by atoms with Gasteiger partial charge < -0.3 is 19.6 Å². The number of aliphatic hydroxyl groups is 1. The van der Waals surface area contributed by atoms with Gasteiger partial charge in [0.25, 0.3) is 5.91 Å². The van der Waals surface area contributed by atoms with Crippen LogP contribution in [-0.2, 0) is 0 Å². The molecule has 1 aromatic heterocycles. The maximum atomic E-state index is 13.0. The molecule has 1 saturated carbocycles. The van der Waals surface area contributed by atoms with Crippen LogP contribution in [0.15, 0.2) is 18.3 Å². The number of aliphatic hydroxyl groups excluding tert-OH is 1. The number of piperazine rings is 1. The number of aromatic nitrogens is 1. The van der Waals surface area contributed by atoms with Crippen LogP contribution in [0, 0.1) is 11.8 Å². The summed E-state index contributed by atoms with van der Waals surface area (Å²) in [4.78, 5) is 23.9. The first kappa shape index (κ1) is 18.7. The van der Waals surface area contributed by atoms with E-state index in [2.05, 4.69) is 21.8 Å². The molecule has 3 aliphatic rings. The van der Waals surface area contributed by atoms with Gasteiger partial charge in [0.1, 0.15) is 5.56 Å². The molecule has 3 heterocycles. The summed E-state index contributed by atoms with van der Waals surface area (Å²) in [7, 11) is 3.69. The molecule has 0 aromatic carbocycles. The van der Waals surface area contributed by atoms with Crippen LogP contribution in [0.25, 0.3) is 0 Å². The van der Waals surface area contributed by atoms with E-state index in [1.54, 1.807) is 25.4 Å². The highest BCUT2D eigenvalue weighted by Gasteiger charge is 2.45. The number of nitrogens with zero attached hydrogens (tertiary/aromatic N) is 4. The van der Waals surface area contributed by atoms with Crippen molar-refractivity contribution in [2.45, 2.75) is 25.0 Å². The quantitative estimate of drug-likeness (QED) is 0.833. The fourth-order valence-electron chi connectivity index (χ4n) is 5.01. The molecule has 2 aliphatic heterocycles. The molecular formula is C20H30N4O3. The van der Waals surface area contributed by atoms with Crippen molar-refractivity contribution < 1.29 is 14.6 Å². The van der Waals surface area contributed by atoms with E-state index in [1.165, 1.54) is 0 Å². The fourth-order valence-corrected chi connectivity index (χ4v) is 5.01. The molecule has 4 atom stereocenters. The third kappa shape index (κ3) is 3.68. The summed E-state index contributed by atoms with van der Waals surface area (Å²) in [5, 5.41) is 10.8. The van der Waals surface area contributed by atoms with Crippen molar-refractivity contribution in [3.63, 3.8) is 0 Å². The fraction of sp³-hybridized carbons (Fsp3) is 0.700. The molecule has 1 aromatic rings. The SMILES string of the molecule is COc1ncccc1C(=O)N1C[C@H]2C[C@@H](N3CCN(C)CC3)[C@H](O)C[C@H]2C1. The van der Waals surface area contributed by atoms with Crippen molar-refractivity contribution in [2.24, 2.45) is 11.8 Å². The maximum Gasteiger partial charge on any atom is 0.259 e. The Morgan fingerprint density at radius 1 is 1.19 bits per heavy atom.